The molecule has 0 saturated carbocycles. The Morgan fingerprint density at radius 1 is 1.11 bits per heavy atom. The number of carboxylic acid groups (broad SMARTS) is 1. The molecule has 0 aliphatic carbocycles. The normalized spacial score (nSPS) is 10.1. The number of hydrogen-bond donors (Lipinski definition) is 1. The maximum Gasteiger partial charge on any atom is 0.0736 e. The van der Waals surface area contributed by atoms with Crippen LogP contribution in [0.1, 0.15) is 15.9 Å². The molecular weight excluding hydrogens is 250 g/mol. The predicted molar refractivity (Wildman–Crippen MR) is 69.6 cm³/mol. The van der Waals surface area contributed by atoms with Crippen molar-refractivity contribution in [2.75, 3.05) is 5.32 Å². The van der Waals surface area contributed by atoms with Crippen LogP contribution in [0.25, 0.3) is 0 Å². The Hall–Kier alpha value is -2.00. The number of aromatic carboxylic acids is 1. The molecule has 0 fully saturated rings. The molecule has 2 rings (SSSR count). The Balaban J connectivity index is 2.16. The number of benzene rings is 2. The molecule has 0 amide bonds. The van der Waals surface area contributed by atoms with Gasteiger partial charge in [0.2, 0.25) is 0 Å². The third-order valence-corrected chi connectivity index (χ3v) is 2.94. The van der Waals surface area contributed by atoms with Crippen LogP contribution in [0.2, 0.25) is 5.02 Å². The Morgan fingerprint density at radius 3 is 2.50 bits per heavy atom. The molecule has 2 aromatic carbocycles. The molecule has 4 heteroatoms. The fourth-order valence-electron chi connectivity index (χ4n) is 1.65. The van der Waals surface area contributed by atoms with Crippen molar-refractivity contribution in [3.63, 3.8) is 0 Å². The summed E-state index contributed by atoms with van der Waals surface area (Å²) < 4.78 is 0. The zero-order valence-corrected chi connectivity index (χ0v) is 10.3. The summed E-state index contributed by atoms with van der Waals surface area (Å²) in [5.41, 5.74) is 1.58. The molecule has 2 aromatic rings. The summed E-state index contributed by atoms with van der Waals surface area (Å²) in [6.07, 6.45) is 0. The summed E-state index contributed by atoms with van der Waals surface area (Å²) in [5, 5.41) is 14.6. The van der Waals surface area contributed by atoms with E-state index in [4.69, 9.17) is 11.6 Å². The van der Waals surface area contributed by atoms with Crippen molar-refractivity contribution in [3.8, 4) is 0 Å². The van der Waals surface area contributed by atoms with Gasteiger partial charge < -0.3 is 15.2 Å². The van der Waals surface area contributed by atoms with E-state index in [0.29, 0.717) is 17.3 Å². The number of halogens is 1. The van der Waals surface area contributed by atoms with E-state index in [1.54, 1.807) is 24.3 Å². The van der Waals surface area contributed by atoms with E-state index in [0.717, 1.165) is 5.56 Å². The van der Waals surface area contributed by atoms with Crippen molar-refractivity contribution in [1.29, 1.82) is 0 Å². The van der Waals surface area contributed by atoms with Crippen molar-refractivity contribution in [2.45, 2.75) is 6.54 Å². The van der Waals surface area contributed by atoms with Crippen molar-refractivity contribution < 1.29 is 9.90 Å². The molecule has 0 unspecified atom stereocenters. The van der Waals surface area contributed by atoms with Gasteiger partial charge in [-0.3, -0.25) is 0 Å². The number of nitrogens with one attached hydrogen (secondary N) is 1. The van der Waals surface area contributed by atoms with E-state index in [1.807, 2.05) is 18.2 Å². The van der Waals surface area contributed by atoms with E-state index in [1.165, 1.54) is 6.07 Å². The summed E-state index contributed by atoms with van der Waals surface area (Å²) in [4.78, 5) is 10.9. The minimum Gasteiger partial charge on any atom is -0.545 e. The molecule has 1 N–H and O–H groups in total. The average molecular weight is 261 g/mol. The van der Waals surface area contributed by atoms with Gasteiger partial charge >= 0.3 is 0 Å². The van der Waals surface area contributed by atoms with Crippen LogP contribution >= 0.6 is 11.6 Å². The molecule has 0 radical (unpaired) electrons. The van der Waals surface area contributed by atoms with E-state index >= 15 is 0 Å². The van der Waals surface area contributed by atoms with Crippen LogP contribution < -0.4 is 10.4 Å². The summed E-state index contributed by atoms with van der Waals surface area (Å²) >= 11 is 6.02. The molecule has 0 aromatic heterocycles. The van der Waals surface area contributed by atoms with E-state index < -0.39 is 5.97 Å². The van der Waals surface area contributed by atoms with Gasteiger partial charge in [-0.2, -0.15) is 0 Å². The summed E-state index contributed by atoms with van der Waals surface area (Å²) in [6.45, 7) is 0.462. The second-order valence-electron chi connectivity index (χ2n) is 3.78. The lowest BCUT2D eigenvalue weighted by Crippen LogP contribution is -2.23. The van der Waals surface area contributed by atoms with E-state index in [2.05, 4.69) is 5.32 Å². The average Bonchev–Trinajstić information content (AvgIpc) is 2.38. The first-order valence-corrected chi connectivity index (χ1v) is 5.84. The Labute approximate surface area is 110 Å². The zero-order chi connectivity index (χ0) is 13.0. The topological polar surface area (TPSA) is 52.2 Å². The highest BCUT2D eigenvalue weighted by molar-refractivity contribution is 6.31. The molecule has 3 nitrogen and oxygen atoms in total. The maximum atomic E-state index is 10.9. The summed E-state index contributed by atoms with van der Waals surface area (Å²) in [7, 11) is 0. The van der Waals surface area contributed by atoms with Crippen molar-refractivity contribution >= 4 is 23.3 Å². The lowest BCUT2D eigenvalue weighted by atomic mass is 10.1. The van der Waals surface area contributed by atoms with Gasteiger partial charge in [0.25, 0.3) is 0 Å². The van der Waals surface area contributed by atoms with Gasteiger partial charge in [0, 0.05) is 22.8 Å². The minimum absolute atomic E-state index is 0.143. The largest absolute Gasteiger partial charge is 0.545 e. The number of rotatable bonds is 4. The van der Waals surface area contributed by atoms with Crippen LogP contribution in [0.15, 0.2) is 48.5 Å². The van der Waals surface area contributed by atoms with Gasteiger partial charge in [-0.05, 0) is 17.7 Å². The second-order valence-corrected chi connectivity index (χ2v) is 4.19. The van der Waals surface area contributed by atoms with Gasteiger partial charge in [0.15, 0.2) is 0 Å². The number of para-hydroxylation sites is 1. The highest BCUT2D eigenvalue weighted by Crippen LogP contribution is 2.19. The van der Waals surface area contributed by atoms with Gasteiger partial charge in [-0.1, -0.05) is 48.0 Å². The van der Waals surface area contributed by atoms with Crippen LogP contribution in [0.3, 0.4) is 0 Å². The molecule has 0 aliphatic heterocycles. The third kappa shape index (κ3) is 2.81. The fraction of sp³-hybridized carbons (Fsp3) is 0.0714. The number of carbonyl (C=O) groups is 1. The van der Waals surface area contributed by atoms with Crippen LogP contribution in [-0.2, 0) is 6.54 Å². The molecule has 0 aliphatic rings. The lowest BCUT2D eigenvalue weighted by Gasteiger charge is -2.13. The molecule has 0 bridgehead atoms. The summed E-state index contributed by atoms with van der Waals surface area (Å²) in [6, 6.07) is 14.0. The lowest BCUT2D eigenvalue weighted by molar-refractivity contribution is -0.254. The smallest absolute Gasteiger partial charge is 0.0736 e. The number of carboxylic acids is 1. The van der Waals surface area contributed by atoms with Gasteiger partial charge in [0.05, 0.1) is 5.97 Å². The van der Waals surface area contributed by atoms with Crippen molar-refractivity contribution in [3.05, 3.63) is 64.7 Å². The first kappa shape index (κ1) is 12.5. The number of carbonyl (C=O) groups excluding carboxylic acids is 1. The fourth-order valence-corrected chi connectivity index (χ4v) is 1.85. The molecule has 18 heavy (non-hydrogen) atoms. The van der Waals surface area contributed by atoms with Gasteiger partial charge in [-0.25, -0.2) is 0 Å². The van der Waals surface area contributed by atoms with Crippen LogP contribution in [0.5, 0.6) is 0 Å². The first-order chi connectivity index (χ1) is 8.68. The molecular formula is C14H11ClNO2-. The SMILES string of the molecule is O=C([O-])c1ccccc1NCc1ccccc1Cl. The molecule has 0 atom stereocenters. The maximum absolute atomic E-state index is 10.9. The molecule has 0 saturated heterocycles. The predicted octanol–water partition coefficient (Wildman–Crippen LogP) is 2.32. The van der Waals surface area contributed by atoms with Crippen LogP contribution in [0, 0.1) is 0 Å². The Bertz CT molecular complexity index is 569. The molecule has 0 spiro atoms. The number of anilines is 1. The highest BCUT2D eigenvalue weighted by atomic mass is 35.5. The minimum atomic E-state index is -1.20. The first-order valence-electron chi connectivity index (χ1n) is 5.46. The van der Waals surface area contributed by atoms with E-state index in [-0.39, 0.29) is 5.56 Å². The zero-order valence-electron chi connectivity index (χ0n) is 9.52. The van der Waals surface area contributed by atoms with Crippen LogP contribution in [-0.4, -0.2) is 5.97 Å². The quantitative estimate of drug-likeness (QED) is 0.918. The monoisotopic (exact) mass is 260 g/mol. The second kappa shape index (κ2) is 5.56. The Morgan fingerprint density at radius 2 is 1.78 bits per heavy atom. The molecule has 92 valence electrons. The number of hydrogen-bond acceptors (Lipinski definition) is 3. The van der Waals surface area contributed by atoms with Crippen molar-refractivity contribution in [2.24, 2.45) is 0 Å². The van der Waals surface area contributed by atoms with Gasteiger partial charge in [-0.15, -0.1) is 0 Å². The van der Waals surface area contributed by atoms with E-state index in [9.17, 15) is 9.90 Å². The summed E-state index contributed by atoms with van der Waals surface area (Å²) in [5.74, 6) is -1.20. The van der Waals surface area contributed by atoms with Crippen molar-refractivity contribution in [1.82, 2.24) is 0 Å². The third-order valence-electron chi connectivity index (χ3n) is 2.57. The van der Waals surface area contributed by atoms with Gasteiger partial charge in [0.1, 0.15) is 0 Å². The Kier molecular flexibility index (Phi) is 3.85. The van der Waals surface area contributed by atoms with Crippen LogP contribution in [0.4, 0.5) is 5.69 Å². The standard InChI is InChI=1S/C14H12ClNO2/c15-12-7-3-1-5-10(12)9-16-13-8-4-2-6-11(13)14(17)18/h1-8,16H,9H2,(H,17,18)/p-1. The highest BCUT2D eigenvalue weighted by Gasteiger charge is 2.03. The molecule has 0 heterocycles.